The number of carboxylic acids is 2. The van der Waals surface area contributed by atoms with E-state index in [1.807, 2.05) is 26.8 Å². The smallest absolute Gasteiger partial charge is 0.335 e. The van der Waals surface area contributed by atoms with Crippen molar-refractivity contribution in [3.05, 3.63) is 70.8 Å². The fourth-order valence-corrected chi connectivity index (χ4v) is 6.63. The lowest BCUT2D eigenvalue weighted by molar-refractivity contribution is -0.272. The predicted molar refractivity (Wildman–Crippen MR) is 205 cm³/mol. The maximum Gasteiger partial charge on any atom is 0.335 e. The molecule has 3 heterocycles. The lowest BCUT2D eigenvalue weighted by Crippen LogP contribution is -2.61. The highest BCUT2D eigenvalue weighted by Crippen LogP contribution is 2.48. The van der Waals surface area contributed by atoms with E-state index in [0.29, 0.717) is 6.42 Å². The van der Waals surface area contributed by atoms with Gasteiger partial charge >= 0.3 is 11.9 Å². The summed E-state index contributed by atoms with van der Waals surface area (Å²) < 4.78 is 22.5. The van der Waals surface area contributed by atoms with E-state index in [1.54, 1.807) is 0 Å². The lowest BCUT2D eigenvalue weighted by atomic mass is 9.99. The van der Waals surface area contributed by atoms with Crippen molar-refractivity contribution in [2.75, 3.05) is 16.8 Å². The minimum Gasteiger partial charge on any atom is -0.506 e. The third-order valence-electron chi connectivity index (χ3n) is 9.98. The van der Waals surface area contributed by atoms with Crippen LogP contribution in [0, 0.1) is 0 Å². The number of nitrogens with one attached hydrogen (secondary N) is 1. The standard InChI is InChI=1S/C40H50N2O16/c1-18(2)8-5-9-19(3)10-6-11-20(4)14-15-42-23-16-21(55-39-32(48)28(44)30(46)34(57-39)37(51)52)17-25(27(23)41-26-22(36(42)50)12-7-13-24(26)43)56-40-33(49)29(45)31(47)35(58-40)38(53)54/h7-8,10,12-14,16-17,28-35,39-41,43-49H,5-6,9,11,15H2,1-4H3,(H,51,52)(H,53,54)/b19-10+,20-14+/t28-,29-,30-,31-,32+,33+,34-,35-,39-,40-/m1/s1. The number of carbonyl (C=O) groups is 3. The molecular formula is C40H50N2O16. The van der Waals surface area contributed by atoms with Crippen LogP contribution in [-0.4, -0.2) is 132 Å². The van der Waals surface area contributed by atoms with Crippen molar-refractivity contribution in [2.24, 2.45) is 0 Å². The number of phenols is 1. The topological polar surface area (TPSA) is 285 Å². The zero-order valence-electron chi connectivity index (χ0n) is 32.3. The van der Waals surface area contributed by atoms with Gasteiger partial charge in [-0.3, -0.25) is 4.79 Å². The molecule has 0 radical (unpaired) electrons. The Balaban J connectivity index is 1.58. The number of nitrogens with zero attached hydrogens (tertiary/aromatic N) is 1. The van der Waals surface area contributed by atoms with Crippen LogP contribution < -0.4 is 19.7 Å². The number of aliphatic carboxylic acids is 2. The molecule has 316 valence electrons. The molecule has 2 fully saturated rings. The minimum absolute atomic E-state index is 0.0106. The molecule has 3 aliphatic rings. The number of phenolic OH excluding ortho intramolecular Hbond substituents is 1. The van der Waals surface area contributed by atoms with Crippen LogP contribution in [0.4, 0.5) is 17.1 Å². The molecule has 0 aliphatic carbocycles. The van der Waals surface area contributed by atoms with E-state index in [0.717, 1.165) is 30.9 Å². The van der Waals surface area contributed by atoms with Crippen LogP contribution >= 0.6 is 0 Å². The van der Waals surface area contributed by atoms with Gasteiger partial charge in [0.05, 0.1) is 16.9 Å². The number of fused-ring (bicyclic) bond motifs is 2. The molecule has 5 rings (SSSR count). The normalized spacial score (nSPS) is 28.7. The maximum atomic E-state index is 14.4. The Labute approximate surface area is 333 Å². The van der Waals surface area contributed by atoms with Gasteiger partial charge in [-0.25, -0.2) is 9.59 Å². The first-order chi connectivity index (χ1) is 27.4. The number of amides is 1. The first kappa shape index (κ1) is 44.1. The summed E-state index contributed by atoms with van der Waals surface area (Å²) in [4.78, 5) is 39.4. The maximum absolute atomic E-state index is 14.4. The highest BCUT2D eigenvalue weighted by Gasteiger charge is 2.50. The summed E-state index contributed by atoms with van der Waals surface area (Å²) in [6.45, 7) is 7.97. The largest absolute Gasteiger partial charge is 0.506 e. The number of aromatic hydroxyl groups is 1. The van der Waals surface area contributed by atoms with E-state index in [4.69, 9.17) is 18.9 Å². The predicted octanol–water partition coefficient (Wildman–Crippen LogP) is 2.06. The molecule has 18 nitrogen and oxygen atoms in total. The molecule has 0 bridgehead atoms. The number of carboxylic acid groups (broad SMARTS) is 2. The Hall–Kier alpha value is -5.05. The van der Waals surface area contributed by atoms with Gasteiger partial charge in [0.2, 0.25) is 12.6 Å². The Bertz CT molecular complexity index is 1940. The summed E-state index contributed by atoms with van der Waals surface area (Å²) in [5.74, 6) is -5.02. The molecule has 2 saturated heterocycles. The van der Waals surface area contributed by atoms with Crippen LogP contribution in [0.15, 0.2) is 65.3 Å². The Kier molecular flexibility index (Phi) is 14.2. The molecule has 0 aromatic heterocycles. The van der Waals surface area contributed by atoms with Crippen molar-refractivity contribution in [3.63, 3.8) is 0 Å². The van der Waals surface area contributed by atoms with E-state index in [1.165, 1.54) is 40.3 Å². The number of aliphatic hydroxyl groups excluding tert-OH is 6. The van der Waals surface area contributed by atoms with E-state index in [2.05, 4.69) is 24.4 Å². The average molecular weight is 815 g/mol. The van der Waals surface area contributed by atoms with Crippen LogP contribution in [0.1, 0.15) is 63.7 Å². The molecule has 0 saturated carbocycles. The summed E-state index contributed by atoms with van der Waals surface area (Å²) in [5.41, 5.74) is 3.24. The van der Waals surface area contributed by atoms with Gasteiger partial charge in [-0.15, -0.1) is 0 Å². The van der Waals surface area contributed by atoms with Gasteiger partial charge in [0.25, 0.3) is 5.91 Å². The minimum atomic E-state index is -2.07. The molecule has 58 heavy (non-hydrogen) atoms. The number of hydrogen-bond donors (Lipinski definition) is 10. The van der Waals surface area contributed by atoms with E-state index < -0.39 is 79.3 Å². The van der Waals surface area contributed by atoms with Crippen molar-refractivity contribution in [2.45, 2.75) is 115 Å². The van der Waals surface area contributed by atoms with Gasteiger partial charge < -0.3 is 75.1 Å². The molecular weight excluding hydrogens is 764 g/mol. The van der Waals surface area contributed by atoms with Gasteiger partial charge in [0, 0.05) is 18.7 Å². The zero-order valence-corrected chi connectivity index (χ0v) is 32.3. The fraction of sp³-hybridized carbons (Fsp3) is 0.475. The van der Waals surface area contributed by atoms with Gasteiger partial charge in [0.15, 0.2) is 18.0 Å². The summed E-state index contributed by atoms with van der Waals surface area (Å²) in [6, 6.07) is 6.59. The summed E-state index contributed by atoms with van der Waals surface area (Å²) >= 11 is 0. The number of anilines is 3. The molecule has 3 aliphatic heterocycles. The summed E-state index contributed by atoms with van der Waals surface area (Å²) in [6.07, 6.45) is -10.9. The van der Waals surface area contributed by atoms with Crippen molar-refractivity contribution < 1.29 is 79.3 Å². The number of allylic oxidation sites excluding steroid dienone is 5. The molecule has 2 aromatic carbocycles. The Morgan fingerprint density at radius 1 is 0.741 bits per heavy atom. The number of ether oxygens (including phenoxy) is 4. The van der Waals surface area contributed by atoms with Gasteiger partial charge in [-0.1, -0.05) is 41.0 Å². The zero-order chi connectivity index (χ0) is 42.6. The number of para-hydroxylation sites is 1. The Morgan fingerprint density at radius 2 is 1.29 bits per heavy atom. The Morgan fingerprint density at radius 3 is 1.86 bits per heavy atom. The number of aliphatic hydroxyl groups is 6. The first-order valence-corrected chi connectivity index (χ1v) is 18.6. The number of hydrogen-bond acceptors (Lipinski definition) is 15. The first-order valence-electron chi connectivity index (χ1n) is 18.6. The lowest BCUT2D eigenvalue weighted by Gasteiger charge is -2.39. The molecule has 18 heteroatoms. The van der Waals surface area contributed by atoms with Crippen molar-refractivity contribution in [3.8, 4) is 17.2 Å². The van der Waals surface area contributed by atoms with E-state index in [9.17, 15) is 60.3 Å². The van der Waals surface area contributed by atoms with Crippen LogP contribution in [0.25, 0.3) is 0 Å². The van der Waals surface area contributed by atoms with Gasteiger partial charge in [-0.2, -0.15) is 0 Å². The highest BCUT2D eigenvalue weighted by atomic mass is 16.7. The van der Waals surface area contributed by atoms with Crippen LogP contribution in [-0.2, 0) is 19.1 Å². The van der Waals surface area contributed by atoms with Crippen LogP contribution in [0.3, 0.4) is 0 Å². The third kappa shape index (κ3) is 9.79. The summed E-state index contributed by atoms with van der Waals surface area (Å²) in [5, 5.41) is 96.2. The average Bonchev–Trinajstić information content (AvgIpc) is 3.28. The van der Waals surface area contributed by atoms with Crippen molar-refractivity contribution in [1.29, 1.82) is 0 Å². The van der Waals surface area contributed by atoms with Crippen LogP contribution in [0.5, 0.6) is 17.2 Å². The highest BCUT2D eigenvalue weighted by molar-refractivity contribution is 6.15. The van der Waals surface area contributed by atoms with Crippen LogP contribution in [0.2, 0.25) is 0 Å². The number of carbonyl (C=O) groups excluding carboxylic acids is 1. The second-order valence-corrected chi connectivity index (χ2v) is 14.7. The molecule has 10 N–H and O–H groups in total. The third-order valence-corrected chi connectivity index (χ3v) is 9.98. The molecule has 10 atom stereocenters. The van der Waals surface area contributed by atoms with Gasteiger partial charge in [0.1, 0.15) is 53.8 Å². The van der Waals surface area contributed by atoms with Gasteiger partial charge in [-0.05, 0) is 65.5 Å². The quantitative estimate of drug-likeness (QED) is 0.0965. The molecule has 2 aromatic rings. The fourth-order valence-electron chi connectivity index (χ4n) is 6.63. The van der Waals surface area contributed by atoms with E-state index in [-0.39, 0.29) is 46.4 Å². The number of rotatable bonds is 14. The second-order valence-electron chi connectivity index (χ2n) is 14.7. The summed E-state index contributed by atoms with van der Waals surface area (Å²) in [7, 11) is 0. The second kappa shape index (κ2) is 18.7. The number of benzene rings is 2. The van der Waals surface area contributed by atoms with Crippen molar-refractivity contribution in [1.82, 2.24) is 0 Å². The molecule has 0 unspecified atom stereocenters. The molecule has 0 spiro atoms. The van der Waals surface area contributed by atoms with E-state index >= 15 is 0 Å². The SMILES string of the molecule is CC(C)=CCC/C(C)=C/CC/C(C)=C/CN1C(=O)c2cccc(O)c2Nc2c(O[C@@H]3O[C@@H](C(=O)O)[C@H](O)[C@@H](O)[C@@H]3O)cc(O[C@@H]3O[C@@H](C(=O)O)[C@H](O)[C@@H](O)[C@@H]3O)cc21. The molecule has 1 amide bonds. The monoisotopic (exact) mass is 814 g/mol. The van der Waals surface area contributed by atoms with Crippen molar-refractivity contribution >= 4 is 34.9 Å².